The molecule has 17 unspecified atom stereocenters. The van der Waals surface area contributed by atoms with Crippen LogP contribution < -0.4 is 5.32 Å². The van der Waals surface area contributed by atoms with Gasteiger partial charge >= 0.3 is 0 Å². The molecule has 3 fully saturated rings. The van der Waals surface area contributed by atoms with Crippen LogP contribution in [0.5, 0.6) is 0 Å². The van der Waals surface area contributed by atoms with Crippen LogP contribution >= 0.6 is 0 Å². The molecule has 3 rings (SSSR count). The molecule has 3 saturated heterocycles. The van der Waals surface area contributed by atoms with Crippen LogP contribution in [0.25, 0.3) is 0 Å². The number of aliphatic hydroxyl groups is 11. The fraction of sp³-hybridized carbons (Fsp3) is 0.900. The van der Waals surface area contributed by atoms with Gasteiger partial charge in [0.15, 0.2) is 18.9 Å². The van der Waals surface area contributed by atoms with Gasteiger partial charge in [-0.25, -0.2) is 0 Å². The number of nitrogens with one attached hydrogen (secondary N) is 1. The Hall–Kier alpha value is -1.99. The highest BCUT2D eigenvalue weighted by Crippen LogP contribution is 2.33. The van der Waals surface area contributed by atoms with Crippen LogP contribution in [0.15, 0.2) is 36.5 Å². The number of carbonyl (C=O) groups excluding carboxylic acids is 1. The Kier molecular flexibility index (Phi) is 47.7. The van der Waals surface area contributed by atoms with Crippen molar-refractivity contribution in [2.45, 2.75) is 375 Å². The normalized spacial score (nSPS) is 28.4. The van der Waals surface area contributed by atoms with Crippen LogP contribution in [0.2, 0.25) is 0 Å². The van der Waals surface area contributed by atoms with E-state index in [1.54, 1.807) is 0 Å². The van der Waals surface area contributed by atoms with Crippen LogP contribution in [0, 0.1) is 0 Å². The predicted molar refractivity (Wildman–Crippen MR) is 346 cm³/mol. The highest BCUT2D eigenvalue weighted by molar-refractivity contribution is 5.76. The molecule has 3 heterocycles. The first-order valence-corrected chi connectivity index (χ1v) is 35.7. The van der Waals surface area contributed by atoms with E-state index in [-0.39, 0.29) is 18.9 Å². The summed E-state index contributed by atoms with van der Waals surface area (Å²) in [4.78, 5) is 13.4. The Labute approximate surface area is 536 Å². The molecule has 17 atom stereocenters. The summed E-state index contributed by atoms with van der Waals surface area (Å²) in [6.45, 7) is 1.79. The molecule has 522 valence electrons. The second-order valence-corrected chi connectivity index (χ2v) is 25.7. The van der Waals surface area contributed by atoms with Crippen molar-refractivity contribution in [3.63, 3.8) is 0 Å². The van der Waals surface area contributed by atoms with Crippen molar-refractivity contribution < 1.29 is 89.4 Å². The summed E-state index contributed by atoms with van der Waals surface area (Å²) in [6.07, 6.45) is 33.8. The van der Waals surface area contributed by atoms with Crippen LogP contribution in [0.1, 0.15) is 271 Å². The summed E-state index contributed by atoms with van der Waals surface area (Å²) >= 11 is 0. The van der Waals surface area contributed by atoms with Crippen LogP contribution in [-0.4, -0.2) is 193 Å². The highest BCUT2D eigenvalue weighted by Gasteiger charge is 2.53. The van der Waals surface area contributed by atoms with E-state index in [1.807, 2.05) is 0 Å². The molecule has 0 aromatic rings. The fourth-order valence-electron chi connectivity index (χ4n) is 12.1. The summed E-state index contributed by atoms with van der Waals surface area (Å²) in [6, 6.07) is -0.886. The van der Waals surface area contributed by atoms with Gasteiger partial charge in [-0.1, -0.05) is 249 Å². The van der Waals surface area contributed by atoms with Crippen molar-refractivity contribution in [2.24, 2.45) is 0 Å². The quantitative estimate of drug-likeness (QED) is 0.0199. The molecule has 0 aromatic heterocycles. The summed E-state index contributed by atoms with van der Waals surface area (Å²) < 4.78 is 34.4. The molecular formula is C70H129NO18. The lowest BCUT2D eigenvalue weighted by Crippen LogP contribution is -2.66. The number of rotatable bonds is 55. The average molecular weight is 1270 g/mol. The van der Waals surface area contributed by atoms with E-state index in [1.165, 1.54) is 180 Å². The summed E-state index contributed by atoms with van der Waals surface area (Å²) in [5, 5.41) is 121. The maximum atomic E-state index is 13.4. The number of unbranched alkanes of at least 4 members (excludes halogenated alkanes) is 33. The molecule has 89 heavy (non-hydrogen) atoms. The van der Waals surface area contributed by atoms with E-state index in [2.05, 4.69) is 55.6 Å². The Morgan fingerprint density at radius 3 is 1.16 bits per heavy atom. The molecular weight excluding hydrogens is 1140 g/mol. The molecule has 0 saturated carbocycles. The van der Waals surface area contributed by atoms with Crippen molar-refractivity contribution >= 4 is 5.91 Å². The van der Waals surface area contributed by atoms with Crippen molar-refractivity contribution in [3.05, 3.63) is 36.5 Å². The molecule has 19 heteroatoms. The molecule has 0 radical (unpaired) electrons. The fourth-order valence-corrected chi connectivity index (χ4v) is 12.1. The van der Waals surface area contributed by atoms with Crippen LogP contribution in [0.3, 0.4) is 0 Å². The van der Waals surface area contributed by atoms with Crippen LogP contribution in [0.4, 0.5) is 0 Å². The standard InChI is InChI=1S/C70H129NO18/c1-3-5-7-9-11-13-15-17-18-19-20-21-22-23-24-25-26-27-28-29-30-31-32-33-34-36-38-40-42-44-46-48-58(76)71-53(54(75)47-45-43-41-39-37-35-16-14-12-10-8-6-4-2)52-84-68-64(82)61(79)66(56(50-73)86-68)89-70-65(83)62(80)67(57(51-74)87-70)88-69-63(81)60(78)59(77)55(49-72)85-69/h15,17,19-20,22-23,53-57,59-70,72-75,77-83H,3-14,16,18,21,24-52H2,1-2H3,(H,71,76)/b17-15-,20-19-,23-22-. The summed E-state index contributed by atoms with van der Waals surface area (Å²) in [5.74, 6) is -0.241. The first-order valence-electron chi connectivity index (χ1n) is 35.7. The molecule has 3 aliphatic rings. The number of aliphatic hydroxyl groups excluding tert-OH is 11. The van der Waals surface area contributed by atoms with Gasteiger partial charge in [-0.3, -0.25) is 4.79 Å². The minimum atomic E-state index is -1.97. The number of hydrogen-bond acceptors (Lipinski definition) is 18. The SMILES string of the molecule is CCCCCCC/C=C\C/C=C\C/C=C\CCCCCCCCCCCCCCCCCCC(=O)NC(COC1OC(CO)C(OC2OC(CO)C(OC3OC(CO)C(O)C(O)C3O)C(O)C2O)C(O)C1O)C(O)CCCCCCCCCCCCCCC. The Morgan fingerprint density at radius 2 is 0.742 bits per heavy atom. The lowest BCUT2D eigenvalue weighted by Gasteiger charge is -2.48. The lowest BCUT2D eigenvalue weighted by molar-refractivity contribution is -0.379. The minimum Gasteiger partial charge on any atom is -0.394 e. The van der Waals surface area contributed by atoms with Gasteiger partial charge in [0.05, 0.1) is 38.6 Å². The maximum Gasteiger partial charge on any atom is 0.220 e. The Morgan fingerprint density at radius 1 is 0.404 bits per heavy atom. The zero-order chi connectivity index (χ0) is 64.7. The van der Waals surface area contributed by atoms with Crippen molar-refractivity contribution in [3.8, 4) is 0 Å². The third kappa shape index (κ3) is 34.3. The van der Waals surface area contributed by atoms with E-state index in [0.29, 0.717) is 12.8 Å². The van der Waals surface area contributed by atoms with Crippen molar-refractivity contribution in [1.29, 1.82) is 0 Å². The Bertz CT molecular complexity index is 1760. The van der Waals surface area contributed by atoms with E-state index in [4.69, 9.17) is 28.4 Å². The van der Waals surface area contributed by atoms with E-state index in [9.17, 15) is 61.0 Å². The van der Waals surface area contributed by atoms with Gasteiger partial charge in [0.2, 0.25) is 5.91 Å². The first kappa shape index (κ1) is 81.2. The molecule has 3 aliphatic heterocycles. The van der Waals surface area contributed by atoms with Crippen LogP contribution in [-0.2, 0) is 33.2 Å². The predicted octanol–water partition coefficient (Wildman–Crippen LogP) is 9.61. The number of hydrogen-bond donors (Lipinski definition) is 12. The minimum absolute atomic E-state index is 0.241. The van der Waals surface area contributed by atoms with Gasteiger partial charge in [0.1, 0.15) is 73.2 Å². The average Bonchev–Trinajstić information content (AvgIpc) is 1.92. The molecule has 12 N–H and O–H groups in total. The molecule has 19 nitrogen and oxygen atoms in total. The molecule has 1 amide bonds. The third-order valence-electron chi connectivity index (χ3n) is 18.0. The maximum absolute atomic E-state index is 13.4. The molecule has 0 aliphatic carbocycles. The van der Waals surface area contributed by atoms with E-state index < -0.39 is 124 Å². The zero-order valence-corrected chi connectivity index (χ0v) is 55.2. The number of amides is 1. The molecule has 0 bridgehead atoms. The smallest absolute Gasteiger partial charge is 0.220 e. The number of allylic oxidation sites excluding steroid dienone is 6. The van der Waals surface area contributed by atoms with Gasteiger partial charge in [0.25, 0.3) is 0 Å². The number of carbonyl (C=O) groups is 1. The van der Waals surface area contributed by atoms with Crippen molar-refractivity contribution in [1.82, 2.24) is 5.32 Å². The first-order chi connectivity index (χ1) is 43.3. The topological polar surface area (TPSA) is 307 Å². The second kappa shape index (κ2) is 52.3. The molecule has 0 aromatic carbocycles. The zero-order valence-electron chi connectivity index (χ0n) is 55.2. The number of ether oxygens (including phenoxy) is 6. The van der Waals surface area contributed by atoms with Gasteiger partial charge < -0.3 is 89.9 Å². The van der Waals surface area contributed by atoms with Gasteiger partial charge in [-0.2, -0.15) is 0 Å². The highest BCUT2D eigenvalue weighted by atomic mass is 16.8. The van der Waals surface area contributed by atoms with Gasteiger partial charge in [-0.15, -0.1) is 0 Å². The lowest BCUT2D eigenvalue weighted by atomic mass is 9.96. The van der Waals surface area contributed by atoms with Crippen molar-refractivity contribution in [2.75, 3.05) is 26.4 Å². The second-order valence-electron chi connectivity index (χ2n) is 25.7. The largest absolute Gasteiger partial charge is 0.394 e. The Balaban J connectivity index is 1.36. The molecule has 0 spiro atoms. The summed E-state index contributed by atoms with van der Waals surface area (Å²) in [5.41, 5.74) is 0. The summed E-state index contributed by atoms with van der Waals surface area (Å²) in [7, 11) is 0. The monoisotopic (exact) mass is 1270 g/mol. The van der Waals surface area contributed by atoms with E-state index in [0.717, 1.165) is 57.8 Å². The third-order valence-corrected chi connectivity index (χ3v) is 18.0. The van der Waals surface area contributed by atoms with Gasteiger partial charge in [-0.05, 0) is 51.4 Å². The van der Waals surface area contributed by atoms with Gasteiger partial charge in [0, 0.05) is 6.42 Å². The van der Waals surface area contributed by atoms with E-state index >= 15 is 0 Å².